The van der Waals surface area contributed by atoms with Gasteiger partial charge in [-0.05, 0) is 16.8 Å². The van der Waals surface area contributed by atoms with Crippen LogP contribution in [0, 0.1) is 30.3 Å². The lowest BCUT2D eigenvalue weighted by molar-refractivity contribution is -0.540. The van der Waals surface area contributed by atoms with Crippen LogP contribution in [0.15, 0.2) is 0 Å². The quantitative estimate of drug-likeness (QED) is 0.533. The molecule has 0 aromatic carbocycles. The highest BCUT2D eigenvalue weighted by Gasteiger charge is 2.43. The summed E-state index contributed by atoms with van der Waals surface area (Å²) in [7, 11) is 0. The van der Waals surface area contributed by atoms with Gasteiger partial charge in [0.15, 0.2) is 5.60 Å². The summed E-state index contributed by atoms with van der Waals surface area (Å²) >= 11 is 0. The fourth-order valence-corrected chi connectivity index (χ4v) is 1.30. The van der Waals surface area contributed by atoms with Gasteiger partial charge in [-0.3, -0.25) is 10.1 Å². The van der Waals surface area contributed by atoms with Gasteiger partial charge in [0.1, 0.15) is 6.54 Å². The van der Waals surface area contributed by atoms with E-state index in [4.69, 9.17) is 0 Å². The van der Waals surface area contributed by atoms with Crippen LogP contribution in [-0.4, -0.2) is 46.3 Å². The Balaban J connectivity index is 3.16. The third kappa shape index (κ3) is 3.00. The van der Waals surface area contributed by atoms with E-state index in [9.17, 15) is 35.4 Å². The van der Waals surface area contributed by atoms with Crippen molar-refractivity contribution in [1.29, 1.82) is 0 Å². The highest BCUT2D eigenvalue weighted by Crippen LogP contribution is 2.20. The second-order valence-corrected chi connectivity index (χ2v) is 4.20. The molecule has 0 bridgehead atoms. The minimum absolute atomic E-state index is 0.456. The molecular weight excluding hydrogens is 280 g/mol. The molecule has 110 valence electrons. The Kier molecular flexibility index (Phi) is 3.93. The summed E-state index contributed by atoms with van der Waals surface area (Å²) in [5.41, 5.74) is -2.00. The van der Waals surface area contributed by atoms with Crippen molar-refractivity contribution in [2.75, 3.05) is 0 Å². The molecule has 1 aromatic rings. The van der Waals surface area contributed by atoms with Crippen LogP contribution in [0.4, 0.5) is 11.9 Å². The van der Waals surface area contributed by atoms with Gasteiger partial charge in [0, 0.05) is 16.8 Å². The van der Waals surface area contributed by atoms with E-state index in [1.807, 2.05) is 0 Å². The molecule has 1 aromatic heterocycles. The average molecular weight is 290 g/mol. The van der Waals surface area contributed by atoms with E-state index in [0.29, 0.717) is 4.68 Å². The van der Waals surface area contributed by atoms with E-state index in [1.54, 1.807) is 0 Å². The molecule has 0 radical (unpaired) electrons. The third-order valence-corrected chi connectivity index (χ3v) is 2.65. The van der Waals surface area contributed by atoms with Crippen LogP contribution in [0.25, 0.3) is 0 Å². The van der Waals surface area contributed by atoms with Crippen LogP contribution < -0.4 is 0 Å². The summed E-state index contributed by atoms with van der Waals surface area (Å²) in [5, 5.41) is 45.0. The molecule has 1 rings (SSSR count). The van der Waals surface area contributed by atoms with E-state index in [0.717, 1.165) is 13.8 Å². The van der Waals surface area contributed by atoms with Crippen molar-refractivity contribution in [3.63, 3.8) is 0 Å². The molecule has 0 aliphatic carbocycles. The summed E-state index contributed by atoms with van der Waals surface area (Å²) in [4.78, 5) is 32.0. The van der Waals surface area contributed by atoms with Gasteiger partial charge < -0.3 is 25.3 Å². The first-order valence-corrected chi connectivity index (χ1v) is 5.15. The zero-order chi connectivity index (χ0) is 15.7. The van der Waals surface area contributed by atoms with Crippen LogP contribution >= 0.6 is 0 Å². The Morgan fingerprint density at radius 2 is 1.85 bits per heavy atom. The van der Waals surface area contributed by atoms with Crippen molar-refractivity contribution in [3.05, 3.63) is 30.3 Å². The van der Waals surface area contributed by atoms with E-state index >= 15 is 0 Å². The Labute approximate surface area is 110 Å². The molecule has 0 saturated heterocycles. The lowest BCUT2D eigenvalue weighted by Crippen LogP contribution is -2.46. The molecule has 13 heteroatoms. The Hall–Kier alpha value is -2.70. The number of hydrogen-bond acceptors (Lipinski definition) is 9. The predicted molar refractivity (Wildman–Crippen MR) is 60.4 cm³/mol. The van der Waals surface area contributed by atoms with Gasteiger partial charge >= 0.3 is 11.9 Å². The number of nitrogens with zero attached hydrogens (tertiary/aromatic N) is 6. The maximum atomic E-state index is 10.7. The molecule has 0 aliphatic rings. The maximum absolute atomic E-state index is 10.7. The van der Waals surface area contributed by atoms with Crippen LogP contribution in [0.3, 0.4) is 0 Å². The van der Waals surface area contributed by atoms with Crippen molar-refractivity contribution in [1.82, 2.24) is 14.8 Å². The summed E-state index contributed by atoms with van der Waals surface area (Å²) < 4.78 is 0.456. The molecule has 0 amide bonds. The first kappa shape index (κ1) is 15.4. The largest absolute Gasteiger partial charge is 0.508 e. The highest BCUT2D eigenvalue weighted by atomic mass is 16.6. The van der Waals surface area contributed by atoms with Gasteiger partial charge in [0.25, 0.3) is 0 Å². The normalized spacial score (nSPS) is 15.3. The summed E-state index contributed by atoms with van der Waals surface area (Å²) in [6.07, 6.45) is 0. The molecule has 13 nitrogen and oxygen atoms in total. The fourth-order valence-electron chi connectivity index (χ4n) is 1.30. The first-order chi connectivity index (χ1) is 9.06. The second kappa shape index (κ2) is 5.12. The SMILES string of the molecule is CC([N+](=O)[O-])C(C)(O)Cn1nc([N+](=O)[O-])nc1[N+](=O)[O-]. The number of aliphatic hydroxyl groups is 1. The molecule has 0 saturated carbocycles. The monoisotopic (exact) mass is 290 g/mol. The lowest BCUT2D eigenvalue weighted by Gasteiger charge is -2.21. The second-order valence-electron chi connectivity index (χ2n) is 4.20. The van der Waals surface area contributed by atoms with Gasteiger partial charge in [0.05, 0.1) is 5.10 Å². The molecule has 0 fully saturated rings. The minimum Gasteiger partial charge on any atom is -0.390 e. The minimum atomic E-state index is -2.00. The van der Waals surface area contributed by atoms with E-state index in [2.05, 4.69) is 10.1 Å². The number of nitro groups is 3. The van der Waals surface area contributed by atoms with Gasteiger partial charge in [-0.2, -0.15) is 0 Å². The zero-order valence-electron chi connectivity index (χ0n) is 10.4. The highest BCUT2D eigenvalue weighted by molar-refractivity contribution is 5.14. The topological polar surface area (TPSA) is 180 Å². The molecule has 1 heterocycles. The van der Waals surface area contributed by atoms with Crippen molar-refractivity contribution in [2.24, 2.45) is 0 Å². The van der Waals surface area contributed by atoms with Crippen LogP contribution in [0.2, 0.25) is 0 Å². The summed E-state index contributed by atoms with van der Waals surface area (Å²) in [6.45, 7) is 1.47. The first-order valence-electron chi connectivity index (χ1n) is 5.15. The molecule has 2 atom stereocenters. The van der Waals surface area contributed by atoms with Gasteiger partial charge in [-0.15, -0.1) is 0 Å². The van der Waals surface area contributed by atoms with Crippen molar-refractivity contribution >= 4 is 11.9 Å². The molecule has 0 aliphatic heterocycles. The van der Waals surface area contributed by atoms with Crippen LogP contribution in [0.5, 0.6) is 0 Å². The lowest BCUT2D eigenvalue weighted by atomic mass is 9.99. The van der Waals surface area contributed by atoms with E-state index in [1.165, 1.54) is 0 Å². The molecule has 0 spiro atoms. The van der Waals surface area contributed by atoms with Gasteiger partial charge in [-0.1, -0.05) is 4.68 Å². The van der Waals surface area contributed by atoms with E-state index < -0.39 is 44.9 Å². The number of aromatic nitrogens is 3. The Bertz CT molecular complexity index is 566. The zero-order valence-corrected chi connectivity index (χ0v) is 10.4. The molecule has 20 heavy (non-hydrogen) atoms. The van der Waals surface area contributed by atoms with Crippen LogP contribution in [-0.2, 0) is 6.54 Å². The third-order valence-electron chi connectivity index (χ3n) is 2.65. The molecular formula is C7H10N6O7. The number of hydrogen-bond donors (Lipinski definition) is 1. The summed E-state index contributed by atoms with van der Waals surface area (Å²) in [5.74, 6) is -2.01. The molecule has 1 N–H and O–H groups in total. The molecule has 2 unspecified atom stereocenters. The Morgan fingerprint density at radius 1 is 1.30 bits per heavy atom. The van der Waals surface area contributed by atoms with Gasteiger partial charge in [-0.25, -0.2) is 0 Å². The Morgan fingerprint density at radius 3 is 2.25 bits per heavy atom. The summed E-state index contributed by atoms with van der Waals surface area (Å²) in [6, 6.07) is -1.47. The van der Waals surface area contributed by atoms with E-state index in [-0.39, 0.29) is 0 Å². The smallest absolute Gasteiger partial charge is 0.390 e. The standard InChI is InChI=1S/C7H10N6O7/c1-4(11(15)16)7(2,14)3-10-6(13(19)20)8-5(9-10)12(17)18/h4,14H,3H2,1-2H3. The van der Waals surface area contributed by atoms with Gasteiger partial charge in [0.2, 0.25) is 6.04 Å². The number of rotatable bonds is 6. The fraction of sp³-hybridized carbons (Fsp3) is 0.714. The van der Waals surface area contributed by atoms with Crippen molar-refractivity contribution in [3.8, 4) is 0 Å². The predicted octanol–water partition coefficient (Wildman–Crippen LogP) is -0.489. The average Bonchev–Trinajstić information content (AvgIpc) is 2.71. The maximum Gasteiger partial charge on any atom is 0.508 e. The van der Waals surface area contributed by atoms with Crippen LogP contribution in [0.1, 0.15) is 13.8 Å². The van der Waals surface area contributed by atoms with Crippen molar-refractivity contribution in [2.45, 2.75) is 32.0 Å². The van der Waals surface area contributed by atoms with Crippen molar-refractivity contribution < 1.29 is 19.9 Å².